The summed E-state index contributed by atoms with van der Waals surface area (Å²) < 4.78 is 0. The Hall–Kier alpha value is -0.200. The highest BCUT2D eigenvalue weighted by atomic mass is 16.7. The third-order valence-electron chi connectivity index (χ3n) is 6.97. The number of nitrogens with two attached hydrogens (primary N) is 2. The molecule has 0 aliphatic heterocycles. The van der Waals surface area contributed by atoms with Gasteiger partial charge in [0, 0.05) is 17.9 Å². The van der Waals surface area contributed by atoms with Crippen molar-refractivity contribution in [3.05, 3.63) is 0 Å². The van der Waals surface area contributed by atoms with Crippen molar-refractivity contribution in [2.24, 2.45) is 23.6 Å². The number of nitrogens with zero attached hydrogens (tertiary/aromatic N) is 1. The lowest BCUT2D eigenvalue weighted by Gasteiger charge is -2.48. The third-order valence-corrected chi connectivity index (χ3v) is 6.97. The van der Waals surface area contributed by atoms with Gasteiger partial charge in [-0.1, -0.05) is 57.8 Å². The normalized spacial score (nSPS) is 27.5. The van der Waals surface area contributed by atoms with Crippen molar-refractivity contribution >= 4 is 0 Å². The van der Waals surface area contributed by atoms with Gasteiger partial charge in [0.25, 0.3) is 0 Å². The molecule has 5 nitrogen and oxygen atoms in total. The fraction of sp³-hybridized carbons (Fsp3) is 1.00. The van der Waals surface area contributed by atoms with Crippen LogP contribution in [0.1, 0.15) is 96.3 Å². The molecule has 0 aromatic carbocycles. The first-order valence-electron chi connectivity index (χ1n) is 10.8. The van der Waals surface area contributed by atoms with Gasteiger partial charge in [0.2, 0.25) is 0 Å². The van der Waals surface area contributed by atoms with E-state index in [-0.39, 0.29) is 12.5 Å². The van der Waals surface area contributed by atoms with Crippen molar-refractivity contribution in [1.29, 1.82) is 0 Å². The first kappa shape index (κ1) is 19.6. The monoisotopic (exact) mass is 353 g/mol. The molecule has 0 amide bonds. The van der Waals surface area contributed by atoms with Gasteiger partial charge in [-0.2, -0.15) is 0 Å². The topological polar surface area (TPSA) is 73.7 Å². The fourth-order valence-electron chi connectivity index (χ4n) is 5.63. The molecule has 2 atom stereocenters. The second-order valence-corrected chi connectivity index (χ2v) is 8.59. The molecule has 5 heteroatoms. The van der Waals surface area contributed by atoms with Gasteiger partial charge in [0.1, 0.15) is 12.5 Å². The molecule has 3 rings (SSSR count). The first-order valence-corrected chi connectivity index (χ1v) is 10.8. The van der Waals surface area contributed by atoms with Crippen LogP contribution in [0.25, 0.3) is 0 Å². The summed E-state index contributed by atoms with van der Waals surface area (Å²) in [6, 6.07) is 0.500. The summed E-state index contributed by atoms with van der Waals surface area (Å²) >= 11 is 0. The fourth-order valence-corrected chi connectivity index (χ4v) is 5.63. The Labute approximate surface area is 153 Å². The van der Waals surface area contributed by atoms with Crippen molar-refractivity contribution in [2.45, 2.75) is 115 Å². The quantitative estimate of drug-likeness (QED) is 0.530. The zero-order valence-electron chi connectivity index (χ0n) is 15.9. The standard InChI is InChI=1S/C20H39N3O2/c21-24-19(16-10-4-1-5-11-16)23(18-14-8-3-9-15-18)20(25-22)17-12-6-2-7-13-17/h16-20H,1-15,21-22H2. The van der Waals surface area contributed by atoms with Crippen molar-refractivity contribution in [3.8, 4) is 0 Å². The van der Waals surface area contributed by atoms with Crippen LogP contribution in [0.2, 0.25) is 0 Å². The number of hydrogen-bond acceptors (Lipinski definition) is 5. The van der Waals surface area contributed by atoms with Gasteiger partial charge in [-0.05, 0) is 38.5 Å². The predicted octanol–water partition coefficient (Wildman–Crippen LogP) is 4.21. The molecular weight excluding hydrogens is 314 g/mol. The Morgan fingerprint density at radius 1 is 0.560 bits per heavy atom. The zero-order valence-corrected chi connectivity index (χ0v) is 15.9. The lowest BCUT2D eigenvalue weighted by molar-refractivity contribution is -0.219. The molecular formula is C20H39N3O2. The van der Waals surface area contributed by atoms with Crippen molar-refractivity contribution in [1.82, 2.24) is 4.90 Å². The molecule has 3 aliphatic carbocycles. The molecule has 2 unspecified atom stereocenters. The van der Waals surface area contributed by atoms with Crippen LogP contribution < -0.4 is 11.8 Å². The Bertz CT molecular complexity index is 338. The van der Waals surface area contributed by atoms with E-state index in [4.69, 9.17) is 21.5 Å². The Morgan fingerprint density at radius 2 is 0.920 bits per heavy atom. The minimum atomic E-state index is -0.0427. The van der Waals surface area contributed by atoms with Gasteiger partial charge in [-0.15, -0.1) is 0 Å². The van der Waals surface area contributed by atoms with Crippen LogP contribution in [-0.4, -0.2) is 23.4 Å². The van der Waals surface area contributed by atoms with E-state index in [1.165, 1.54) is 96.3 Å². The predicted molar refractivity (Wildman–Crippen MR) is 100.0 cm³/mol. The zero-order chi connectivity index (χ0) is 17.5. The molecule has 3 fully saturated rings. The van der Waals surface area contributed by atoms with Crippen LogP contribution in [0.4, 0.5) is 0 Å². The lowest BCUT2D eigenvalue weighted by Crippen LogP contribution is -2.58. The molecule has 0 heterocycles. The summed E-state index contributed by atoms with van der Waals surface area (Å²) in [5.41, 5.74) is 0. The maximum Gasteiger partial charge on any atom is 0.136 e. The molecule has 25 heavy (non-hydrogen) atoms. The van der Waals surface area contributed by atoms with Crippen LogP contribution >= 0.6 is 0 Å². The van der Waals surface area contributed by atoms with Gasteiger partial charge in [-0.3, -0.25) is 9.68 Å². The molecule has 0 aromatic heterocycles. The Kier molecular flexibility index (Phi) is 7.99. The van der Waals surface area contributed by atoms with Gasteiger partial charge in [0.15, 0.2) is 0 Å². The van der Waals surface area contributed by atoms with E-state index in [0.717, 1.165) is 0 Å². The second kappa shape index (κ2) is 10.2. The first-order chi connectivity index (χ1) is 12.3. The molecule has 3 aliphatic rings. The SMILES string of the molecule is NOC(C1CCCCC1)N(C1CCCCC1)C(ON)C1CCCCC1. The van der Waals surface area contributed by atoms with E-state index in [2.05, 4.69) is 4.90 Å². The van der Waals surface area contributed by atoms with E-state index in [0.29, 0.717) is 17.9 Å². The summed E-state index contributed by atoms with van der Waals surface area (Å²) in [6.07, 6.45) is 19.0. The Morgan fingerprint density at radius 3 is 1.28 bits per heavy atom. The highest BCUT2D eigenvalue weighted by Gasteiger charge is 2.42. The maximum atomic E-state index is 5.90. The van der Waals surface area contributed by atoms with Crippen molar-refractivity contribution in [3.63, 3.8) is 0 Å². The molecule has 0 aromatic rings. The highest BCUT2D eigenvalue weighted by molar-refractivity contribution is 4.87. The molecule has 3 saturated carbocycles. The van der Waals surface area contributed by atoms with Gasteiger partial charge < -0.3 is 0 Å². The smallest absolute Gasteiger partial charge is 0.136 e. The van der Waals surface area contributed by atoms with Crippen molar-refractivity contribution in [2.75, 3.05) is 0 Å². The molecule has 0 bridgehead atoms. The minimum absolute atomic E-state index is 0.0427. The summed E-state index contributed by atoms with van der Waals surface area (Å²) in [5, 5.41) is 0. The minimum Gasteiger partial charge on any atom is -0.285 e. The average Bonchev–Trinajstić information content (AvgIpc) is 2.70. The summed E-state index contributed by atoms with van der Waals surface area (Å²) in [7, 11) is 0. The van der Waals surface area contributed by atoms with E-state index in [9.17, 15) is 0 Å². The van der Waals surface area contributed by atoms with Gasteiger partial charge in [0.05, 0.1) is 0 Å². The Balaban J connectivity index is 1.80. The molecule has 4 N–H and O–H groups in total. The van der Waals surface area contributed by atoms with E-state index >= 15 is 0 Å². The van der Waals surface area contributed by atoms with Crippen LogP contribution in [0.3, 0.4) is 0 Å². The van der Waals surface area contributed by atoms with Crippen LogP contribution in [0.15, 0.2) is 0 Å². The molecule has 0 saturated heterocycles. The van der Waals surface area contributed by atoms with E-state index in [1.807, 2.05) is 0 Å². The maximum absolute atomic E-state index is 5.90. The average molecular weight is 354 g/mol. The largest absolute Gasteiger partial charge is 0.285 e. The third kappa shape index (κ3) is 4.95. The van der Waals surface area contributed by atoms with Crippen LogP contribution in [0, 0.1) is 11.8 Å². The molecule has 146 valence electrons. The summed E-state index contributed by atoms with van der Waals surface area (Å²) in [6.45, 7) is 0. The van der Waals surface area contributed by atoms with Gasteiger partial charge >= 0.3 is 0 Å². The van der Waals surface area contributed by atoms with Crippen LogP contribution in [-0.2, 0) is 9.68 Å². The lowest BCUT2D eigenvalue weighted by atomic mass is 9.83. The van der Waals surface area contributed by atoms with E-state index < -0.39 is 0 Å². The van der Waals surface area contributed by atoms with Crippen LogP contribution in [0.5, 0.6) is 0 Å². The summed E-state index contributed by atoms with van der Waals surface area (Å²) in [4.78, 5) is 13.8. The second-order valence-electron chi connectivity index (χ2n) is 8.59. The van der Waals surface area contributed by atoms with Crippen molar-refractivity contribution < 1.29 is 9.68 Å². The van der Waals surface area contributed by atoms with E-state index in [1.54, 1.807) is 0 Å². The molecule has 0 spiro atoms. The molecule has 0 radical (unpaired) electrons. The number of hydrogen-bond donors (Lipinski definition) is 2. The number of rotatable bonds is 7. The highest BCUT2D eigenvalue weighted by Crippen LogP contribution is 2.38. The summed E-state index contributed by atoms with van der Waals surface area (Å²) in [5.74, 6) is 12.8. The van der Waals surface area contributed by atoms with Gasteiger partial charge in [-0.25, -0.2) is 16.7 Å².